The normalized spacial score (nSPS) is 12.2. The Labute approximate surface area is 153 Å². The Balaban J connectivity index is 1.91. The molecule has 0 fully saturated rings. The standard InChI is InChI=1S/C15H18ClFN4OS2/c1-8(2)7-18-14-20-21-15(24-14)23-9(3)13(22)19-12-5-4-10(17)6-11(12)16/h4-6,8-9H,7H2,1-3H3,(H,18,20)(H,19,22)/t9-/m0/s1. The van der Waals surface area contributed by atoms with Crippen molar-refractivity contribution in [2.24, 2.45) is 5.92 Å². The van der Waals surface area contributed by atoms with Gasteiger partial charge in [-0.3, -0.25) is 4.79 Å². The predicted molar refractivity (Wildman–Crippen MR) is 98.6 cm³/mol. The molecule has 130 valence electrons. The van der Waals surface area contributed by atoms with Gasteiger partial charge in [-0.25, -0.2) is 4.39 Å². The van der Waals surface area contributed by atoms with E-state index < -0.39 is 11.1 Å². The van der Waals surface area contributed by atoms with Gasteiger partial charge in [-0.15, -0.1) is 10.2 Å². The molecule has 1 heterocycles. The summed E-state index contributed by atoms with van der Waals surface area (Å²) in [6.07, 6.45) is 0. The molecule has 0 bridgehead atoms. The third-order valence-electron chi connectivity index (χ3n) is 2.90. The average molecular weight is 389 g/mol. The number of amides is 1. The van der Waals surface area contributed by atoms with E-state index in [1.165, 1.54) is 35.2 Å². The molecular weight excluding hydrogens is 371 g/mol. The zero-order valence-corrected chi connectivity index (χ0v) is 15.9. The van der Waals surface area contributed by atoms with Gasteiger partial charge in [0.2, 0.25) is 11.0 Å². The van der Waals surface area contributed by atoms with Crippen molar-refractivity contribution in [3.05, 3.63) is 29.0 Å². The van der Waals surface area contributed by atoms with Crippen LogP contribution in [0, 0.1) is 11.7 Å². The number of hydrogen-bond acceptors (Lipinski definition) is 6. The first kappa shape index (κ1) is 19.0. The summed E-state index contributed by atoms with van der Waals surface area (Å²) < 4.78 is 13.7. The van der Waals surface area contributed by atoms with Crippen molar-refractivity contribution in [2.75, 3.05) is 17.2 Å². The Morgan fingerprint density at radius 3 is 2.79 bits per heavy atom. The summed E-state index contributed by atoms with van der Waals surface area (Å²) in [6.45, 7) is 6.80. The van der Waals surface area contributed by atoms with Gasteiger partial charge in [0, 0.05) is 6.54 Å². The Bertz CT molecular complexity index is 711. The summed E-state index contributed by atoms with van der Waals surface area (Å²) in [4.78, 5) is 12.2. The molecule has 2 aromatic rings. The fraction of sp³-hybridized carbons (Fsp3) is 0.400. The Hall–Kier alpha value is -1.38. The summed E-state index contributed by atoms with van der Waals surface area (Å²) in [5.74, 6) is -0.175. The second-order valence-electron chi connectivity index (χ2n) is 5.52. The van der Waals surface area contributed by atoms with Gasteiger partial charge >= 0.3 is 0 Å². The quantitative estimate of drug-likeness (QED) is 0.682. The molecule has 0 aliphatic heterocycles. The van der Waals surface area contributed by atoms with Crippen LogP contribution in [0.4, 0.5) is 15.2 Å². The van der Waals surface area contributed by atoms with E-state index >= 15 is 0 Å². The molecule has 2 N–H and O–H groups in total. The molecule has 0 aliphatic rings. The number of anilines is 2. The van der Waals surface area contributed by atoms with Crippen LogP contribution in [0.3, 0.4) is 0 Å². The minimum absolute atomic E-state index is 0.164. The molecule has 0 aliphatic carbocycles. The van der Waals surface area contributed by atoms with Crippen LogP contribution < -0.4 is 10.6 Å². The number of halogens is 2. The highest BCUT2D eigenvalue weighted by molar-refractivity contribution is 8.02. The van der Waals surface area contributed by atoms with Crippen LogP contribution in [-0.2, 0) is 4.79 Å². The molecule has 1 aromatic heterocycles. The molecule has 9 heteroatoms. The van der Waals surface area contributed by atoms with Gasteiger partial charge in [-0.2, -0.15) is 0 Å². The van der Waals surface area contributed by atoms with Crippen molar-refractivity contribution in [2.45, 2.75) is 30.4 Å². The number of hydrogen-bond donors (Lipinski definition) is 2. The second-order valence-corrected chi connectivity index (χ2v) is 8.49. The van der Waals surface area contributed by atoms with E-state index in [1.54, 1.807) is 6.92 Å². The molecule has 24 heavy (non-hydrogen) atoms. The number of rotatable bonds is 7. The molecule has 0 spiro atoms. The lowest BCUT2D eigenvalue weighted by atomic mass is 10.2. The second kappa shape index (κ2) is 8.64. The molecule has 1 atom stereocenters. The maximum atomic E-state index is 13.0. The van der Waals surface area contributed by atoms with Gasteiger partial charge < -0.3 is 10.6 Å². The van der Waals surface area contributed by atoms with Gasteiger partial charge in [-0.05, 0) is 31.0 Å². The van der Waals surface area contributed by atoms with Crippen LogP contribution in [0.25, 0.3) is 0 Å². The fourth-order valence-electron chi connectivity index (χ4n) is 1.65. The van der Waals surface area contributed by atoms with Crippen molar-refractivity contribution >= 4 is 51.4 Å². The number of benzene rings is 1. The fourth-order valence-corrected chi connectivity index (χ4v) is 3.77. The first-order chi connectivity index (χ1) is 11.3. The summed E-state index contributed by atoms with van der Waals surface area (Å²) in [5, 5.41) is 14.5. The van der Waals surface area contributed by atoms with Crippen molar-refractivity contribution in [3.63, 3.8) is 0 Å². The van der Waals surface area contributed by atoms with Crippen molar-refractivity contribution in [1.29, 1.82) is 0 Å². The van der Waals surface area contributed by atoms with Crippen LogP contribution in [0.5, 0.6) is 0 Å². The maximum Gasteiger partial charge on any atom is 0.237 e. The molecule has 0 radical (unpaired) electrons. The zero-order valence-electron chi connectivity index (χ0n) is 13.5. The van der Waals surface area contributed by atoms with E-state index in [0.717, 1.165) is 17.7 Å². The minimum Gasteiger partial charge on any atom is -0.360 e. The first-order valence-electron chi connectivity index (χ1n) is 7.35. The van der Waals surface area contributed by atoms with E-state index in [0.29, 0.717) is 15.9 Å². The van der Waals surface area contributed by atoms with Gasteiger partial charge in [0.25, 0.3) is 0 Å². The van der Waals surface area contributed by atoms with Gasteiger partial charge in [0.15, 0.2) is 4.34 Å². The molecule has 0 saturated heterocycles. The maximum absolute atomic E-state index is 13.0. The number of carbonyl (C=O) groups excluding carboxylic acids is 1. The van der Waals surface area contributed by atoms with Crippen molar-refractivity contribution in [3.8, 4) is 0 Å². The summed E-state index contributed by atoms with van der Waals surface area (Å²) in [6, 6.07) is 3.84. The predicted octanol–water partition coefficient (Wildman–Crippen LogP) is 4.52. The van der Waals surface area contributed by atoms with Crippen LogP contribution >= 0.6 is 34.7 Å². The molecule has 0 unspecified atom stereocenters. The van der Waals surface area contributed by atoms with Crippen LogP contribution in [-0.4, -0.2) is 27.9 Å². The topological polar surface area (TPSA) is 66.9 Å². The number of aromatic nitrogens is 2. The Kier molecular flexibility index (Phi) is 6.82. The van der Waals surface area contributed by atoms with Crippen LogP contribution in [0.1, 0.15) is 20.8 Å². The first-order valence-corrected chi connectivity index (χ1v) is 9.42. The molecule has 1 amide bonds. The SMILES string of the molecule is CC(C)CNc1nnc(S[C@@H](C)C(=O)Nc2ccc(F)cc2Cl)s1. The summed E-state index contributed by atoms with van der Waals surface area (Å²) >= 11 is 8.63. The van der Waals surface area contributed by atoms with Crippen LogP contribution in [0.15, 0.2) is 22.5 Å². The monoisotopic (exact) mass is 388 g/mol. The van der Waals surface area contributed by atoms with Gasteiger partial charge in [-0.1, -0.05) is 48.5 Å². The van der Waals surface area contributed by atoms with Gasteiger partial charge in [0.05, 0.1) is 16.0 Å². The molecular formula is C15H18ClFN4OS2. The zero-order chi connectivity index (χ0) is 17.7. The van der Waals surface area contributed by atoms with E-state index in [9.17, 15) is 9.18 Å². The minimum atomic E-state index is -0.448. The lowest BCUT2D eigenvalue weighted by Crippen LogP contribution is -2.22. The average Bonchev–Trinajstić information content (AvgIpc) is 2.95. The van der Waals surface area contributed by atoms with Crippen molar-refractivity contribution < 1.29 is 9.18 Å². The van der Waals surface area contributed by atoms with Crippen molar-refractivity contribution in [1.82, 2.24) is 10.2 Å². The third-order valence-corrected chi connectivity index (χ3v) is 5.28. The van der Waals surface area contributed by atoms with E-state index in [4.69, 9.17) is 11.6 Å². The third kappa shape index (κ3) is 5.61. The molecule has 1 aromatic carbocycles. The molecule has 5 nitrogen and oxygen atoms in total. The Morgan fingerprint density at radius 1 is 1.38 bits per heavy atom. The molecule has 2 rings (SSSR count). The Morgan fingerprint density at radius 2 is 2.12 bits per heavy atom. The highest BCUT2D eigenvalue weighted by Crippen LogP contribution is 2.30. The highest BCUT2D eigenvalue weighted by Gasteiger charge is 2.18. The largest absolute Gasteiger partial charge is 0.360 e. The van der Waals surface area contributed by atoms with Crippen LogP contribution in [0.2, 0.25) is 5.02 Å². The number of nitrogens with zero attached hydrogens (tertiary/aromatic N) is 2. The molecule has 0 saturated carbocycles. The highest BCUT2D eigenvalue weighted by atomic mass is 35.5. The number of thioether (sulfide) groups is 1. The summed E-state index contributed by atoms with van der Waals surface area (Å²) in [7, 11) is 0. The van der Waals surface area contributed by atoms with E-state index in [2.05, 4.69) is 34.7 Å². The number of nitrogens with one attached hydrogen (secondary N) is 2. The smallest absolute Gasteiger partial charge is 0.237 e. The van der Waals surface area contributed by atoms with Gasteiger partial charge in [0.1, 0.15) is 5.82 Å². The lowest BCUT2D eigenvalue weighted by Gasteiger charge is -2.11. The lowest BCUT2D eigenvalue weighted by molar-refractivity contribution is -0.115. The van der Waals surface area contributed by atoms with E-state index in [1.807, 2.05) is 0 Å². The summed E-state index contributed by atoms with van der Waals surface area (Å²) in [5.41, 5.74) is 0.382. The number of carbonyl (C=O) groups is 1. The van der Waals surface area contributed by atoms with E-state index in [-0.39, 0.29) is 10.9 Å².